The summed E-state index contributed by atoms with van der Waals surface area (Å²) in [6, 6.07) is 2.25. The highest BCUT2D eigenvalue weighted by Gasteiger charge is 2.26. The molecule has 0 radical (unpaired) electrons. The average molecular weight is 304 g/mol. The summed E-state index contributed by atoms with van der Waals surface area (Å²) in [7, 11) is 0. The minimum absolute atomic E-state index is 0.253. The third-order valence-electron chi connectivity index (χ3n) is 3.19. The molecule has 2 rings (SSSR count). The first-order valence-electron chi connectivity index (χ1n) is 5.67. The van der Waals surface area contributed by atoms with Crippen LogP contribution in [0.4, 0.5) is 0 Å². The summed E-state index contributed by atoms with van der Waals surface area (Å²) in [6.45, 7) is 7.17. The molecule has 4 heteroatoms. The van der Waals surface area contributed by atoms with E-state index in [0.717, 1.165) is 32.6 Å². The number of rotatable bonds is 3. The van der Waals surface area contributed by atoms with Crippen LogP contribution in [0, 0.1) is 6.92 Å². The Kier molecular flexibility index (Phi) is 4.06. The molecule has 1 fully saturated rings. The third kappa shape index (κ3) is 3.06. The summed E-state index contributed by atoms with van der Waals surface area (Å²) in [5.74, 6) is 0. The van der Waals surface area contributed by atoms with Gasteiger partial charge in [-0.05, 0) is 54.2 Å². The number of thiophene rings is 1. The van der Waals surface area contributed by atoms with E-state index in [1.807, 2.05) is 11.3 Å². The van der Waals surface area contributed by atoms with Gasteiger partial charge in [0.2, 0.25) is 0 Å². The number of ether oxygens (including phenoxy) is 1. The van der Waals surface area contributed by atoms with Crippen LogP contribution in [0.1, 0.15) is 30.2 Å². The van der Waals surface area contributed by atoms with Crippen LogP contribution in [-0.2, 0) is 11.3 Å². The van der Waals surface area contributed by atoms with Crippen LogP contribution < -0.4 is 5.32 Å². The Balaban J connectivity index is 1.91. The van der Waals surface area contributed by atoms with Crippen LogP contribution in [0.5, 0.6) is 0 Å². The van der Waals surface area contributed by atoms with E-state index in [1.165, 1.54) is 14.2 Å². The molecule has 1 aromatic heterocycles. The summed E-state index contributed by atoms with van der Waals surface area (Å²) < 4.78 is 6.65. The normalized spacial score (nSPS) is 19.9. The second-order valence-corrected chi connectivity index (χ2v) is 7.15. The smallest absolute Gasteiger partial charge is 0.0730 e. The van der Waals surface area contributed by atoms with E-state index in [-0.39, 0.29) is 5.54 Å². The fourth-order valence-electron chi connectivity index (χ4n) is 1.91. The van der Waals surface area contributed by atoms with Gasteiger partial charge in [0, 0.05) is 30.2 Å². The molecule has 1 aromatic rings. The molecule has 0 unspecified atom stereocenters. The van der Waals surface area contributed by atoms with Crippen molar-refractivity contribution >= 4 is 27.3 Å². The van der Waals surface area contributed by atoms with E-state index in [1.54, 1.807) is 0 Å². The second kappa shape index (κ2) is 5.17. The maximum Gasteiger partial charge on any atom is 0.0730 e. The fraction of sp³-hybridized carbons (Fsp3) is 0.667. The molecule has 0 atom stereocenters. The van der Waals surface area contributed by atoms with E-state index >= 15 is 0 Å². The standard InChI is InChI=1S/C12H18BrNOS/c1-9-7-10(16-11(9)13)8-14-12(2)3-5-15-6-4-12/h7,14H,3-6,8H2,1-2H3. The number of halogens is 1. The first-order chi connectivity index (χ1) is 7.59. The van der Waals surface area contributed by atoms with Crippen LogP contribution in [0.2, 0.25) is 0 Å². The van der Waals surface area contributed by atoms with E-state index in [4.69, 9.17) is 4.74 Å². The van der Waals surface area contributed by atoms with Gasteiger partial charge in [0.25, 0.3) is 0 Å². The van der Waals surface area contributed by atoms with Crippen molar-refractivity contribution in [1.29, 1.82) is 0 Å². The molecule has 2 heterocycles. The van der Waals surface area contributed by atoms with Gasteiger partial charge in [0.05, 0.1) is 3.79 Å². The van der Waals surface area contributed by atoms with Gasteiger partial charge in [-0.3, -0.25) is 0 Å². The zero-order valence-electron chi connectivity index (χ0n) is 9.81. The van der Waals surface area contributed by atoms with Crippen molar-refractivity contribution in [3.63, 3.8) is 0 Å². The van der Waals surface area contributed by atoms with Crippen LogP contribution in [0.15, 0.2) is 9.85 Å². The van der Waals surface area contributed by atoms with Crippen molar-refractivity contribution in [2.24, 2.45) is 0 Å². The van der Waals surface area contributed by atoms with Crippen LogP contribution in [0.25, 0.3) is 0 Å². The predicted octanol–water partition coefficient (Wildman–Crippen LogP) is 3.48. The Morgan fingerprint density at radius 2 is 2.19 bits per heavy atom. The molecule has 0 spiro atoms. The minimum atomic E-state index is 0.253. The molecule has 0 saturated carbocycles. The molecular weight excluding hydrogens is 286 g/mol. The Morgan fingerprint density at radius 1 is 1.50 bits per heavy atom. The first kappa shape index (κ1) is 12.6. The minimum Gasteiger partial charge on any atom is -0.381 e. The number of hydrogen-bond acceptors (Lipinski definition) is 3. The van der Waals surface area contributed by atoms with Gasteiger partial charge < -0.3 is 10.1 Å². The van der Waals surface area contributed by atoms with Gasteiger partial charge in [0.1, 0.15) is 0 Å². The highest BCUT2D eigenvalue weighted by atomic mass is 79.9. The molecule has 1 saturated heterocycles. The summed E-state index contributed by atoms with van der Waals surface area (Å²) in [5, 5.41) is 3.66. The lowest BCUT2D eigenvalue weighted by Crippen LogP contribution is -2.46. The maximum absolute atomic E-state index is 5.40. The lowest BCUT2D eigenvalue weighted by molar-refractivity contribution is 0.0447. The van der Waals surface area contributed by atoms with Crippen molar-refractivity contribution in [3.05, 3.63) is 20.3 Å². The first-order valence-corrected chi connectivity index (χ1v) is 7.28. The van der Waals surface area contributed by atoms with E-state index in [0.29, 0.717) is 0 Å². The molecule has 1 N–H and O–H groups in total. The molecule has 1 aliphatic rings. The topological polar surface area (TPSA) is 21.3 Å². The van der Waals surface area contributed by atoms with Gasteiger partial charge in [0.15, 0.2) is 0 Å². The van der Waals surface area contributed by atoms with E-state index in [2.05, 4.69) is 41.2 Å². The fourth-order valence-corrected chi connectivity index (χ4v) is 3.48. The predicted molar refractivity (Wildman–Crippen MR) is 72.1 cm³/mol. The van der Waals surface area contributed by atoms with Crippen molar-refractivity contribution in [1.82, 2.24) is 5.32 Å². The Labute approximate surface area is 110 Å². The highest BCUT2D eigenvalue weighted by molar-refractivity contribution is 9.11. The summed E-state index contributed by atoms with van der Waals surface area (Å²) in [6.07, 6.45) is 2.22. The van der Waals surface area contributed by atoms with Crippen molar-refractivity contribution in [3.8, 4) is 0 Å². The lowest BCUT2D eigenvalue weighted by atomic mass is 9.92. The SMILES string of the molecule is Cc1cc(CNC2(C)CCOCC2)sc1Br. The highest BCUT2D eigenvalue weighted by Crippen LogP contribution is 2.28. The zero-order valence-corrected chi connectivity index (χ0v) is 12.2. The van der Waals surface area contributed by atoms with Crippen LogP contribution in [0.3, 0.4) is 0 Å². The Morgan fingerprint density at radius 3 is 2.75 bits per heavy atom. The van der Waals surface area contributed by atoms with Crippen molar-refractivity contribution in [2.45, 2.75) is 38.8 Å². The molecule has 16 heavy (non-hydrogen) atoms. The summed E-state index contributed by atoms with van der Waals surface area (Å²) >= 11 is 5.39. The van der Waals surface area contributed by atoms with Gasteiger partial charge in [-0.25, -0.2) is 0 Å². The average Bonchev–Trinajstić information content (AvgIpc) is 2.57. The molecule has 0 aromatic carbocycles. The maximum atomic E-state index is 5.40. The lowest BCUT2D eigenvalue weighted by Gasteiger charge is -2.34. The van der Waals surface area contributed by atoms with E-state index in [9.17, 15) is 0 Å². The van der Waals surface area contributed by atoms with E-state index < -0.39 is 0 Å². The molecule has 0 amide bonds. The quantitative estimate of drug-likeness (QED) is 0.923. The zero-order chi connectivity index (χ0) is 11.6. The van der Waals surface area contributed by atoms with Gasteiger partial charge in [-0.1, -0.05) is 0 Å². The number of aryl methyl sites for hydroxylation is 1. The number of hydrogen-bond donors (Lipinski definition) is 1. The van der Waals surface area contributed by atoms with Gasteiger partial charge in [-0.2, -0.15) is 0 Å². The Bertz CT molecular complexity index is 338. The molecule has 2 nitrogen and oxygen atoms in total. The van der Waals surface area contributed by atoms with Gasteiger partial charge in [-0.15, -0.1) is 11.3 Å². The largest absolute Gasteiger partial charge is 0.381 e. The third-order valence-corrected chi connectivity index (χ3v) is 5.33. The molecule has 0 aliphatic carbocycles. The van der Waals surface area contributed by atoms with Gasteiger partial charge >= 0.3 is 0 Å². The Hall–Kier alpha value is 0.100. The molecular formula is C12H18BrNOS. The summed E-state index contributed by atoms with van der Waals surface area (Å²) in [4.78, 5) is 1.40. The second-order valence-electron chi connectivity index (χ2n) is 4.70. The van der Waals surface area contributed by atoms with Crippen LogP contribution in [-0.4, -0.2) is 18.8 Å². The number of nitrogens with one attached hydrogen (secondary N) is 1. The monoisotopic (exact) mass is 303 g/mol. The molecule has 90 valence electrons. The van der Waals surface area contributed by atoms with Crippen molar-refractivity contribution in [2.75, 3.05) is 13.2 Å². The van der Waals surface area contributed by atoms with Crippen molar-refractivity contribution < 1.29 is 4.74 Å². The molecule has 1 aliphatic heterocycles. The van der Waals surface area contributed by atoms with Crippen LogP contribution >= 0.6 is 27.3 Å². The summed E-state index contributed by atoms with van der Waals surface area (Å²) in [5.41, 5.74) is 1.58. The molecule has 0 bridgehead atoms.